The van der Waals surface area contributed by atoms with Gasteiger partial charge in [0.25, 0.3) is 0 Å². The molecular weight excluding hydrogens is 276 g/mol. The number of hydrogen-bond acceptors (Lipinski definition) is 6. The first-order valence-electron chi connectivity index (χ1n) is 5.82. The highest BCUT2D eigenvalue weighted by Gasteiger charge is 2.26. The number of aryl methyl sites for hydroxylation is 1. The summed E-state index contributed by atoms with van der Waals surface area (Å²) >= 11 is 3.15. The summed E-state index contributed by atoms with van der Waals surface area (Å²) in [5, 5.41) is 18.3. The fraction of sp³-hybridized carbons (Fsp3) is 0.308. The van der Waals surface area contributed by atoms with Crippen molar-refractivity contribution in [2.24, 2.45) is 5.73 Å². The minimum absolute atomic E-state index is 0.580. The van der Waals surface area contributed by atoms with Crippen LogP contribution in [0.4, 0.5) is 0 Å². The standard InChI is InChI=1S/C13H14N4S2/c1-10-16-17-12(19-10)18-8-7-13(15,9-14)11-5-3-2-4-6-11/h2-6H,7-8,15H2,1H3. The van der Waals surface area contributed by atoms with Crippen molar-refractivity contribution in [3.8, 4) is 6.07 Å². The third-order valence-electron chi connectivity index (χ3n) is 2.72. The molecule has 0 radical (unpaired) electrons. The van der Waals surface area contributed by atoms with Crippen LogP contribution >= 0.6 is 23.1 Å². The molecule has 0 saturated heterocycles. The van der Waals surface area contributed by atoms with Crippen molar-refractivity contribution in [1.29, 1.82) is 5.26 Å². The van der Waals surface area contributed by atoms with E-state index >= 15 is 0 Å². The smallest absolute Gasteiger partial charge is 0.174 e. The molecule has 0 amide bonds. The summed E-state index contributed by atoms with van der Waals surface area (Å²) in [7, 11) is 0. The molecule has 2 aromatic rings. The van der Waals surface area contributed by atoms with Crippen LogP contribution in [0.1, 0.15) is 17.0 Å². The Balaban J connectivity index is 1.98. The number of nitrogens with zero attached hydrogens (tertiary/aromatic N) is 3. The van der Waals surface area contributed by atoms with Crippen LogP contribution in [0.2, 0.25) is 0 Å². The molecule has 1 unspecified atom stereocenters. The Morgan fingerprint density at radius 2 is 2.11 bits per heavy atom. The maximum absolute atomic E-state index is 9.33. The van der Waals surface area contributed by atoms with Crippen LogP contribution in [-0.2, 0) is 5.54 Å². The van der Waals surface area contributed by atoms with Crippen molar-refractivity contribution in [2.45, 2.75) is 23.2 Å². The van der Waals surface area contributed by atoms with E-state index in [1.165, 1.54) is 0 Å². The second-order valence-corrected chi connectivity index (χ2v) is 6.66. The quantitative estimate of drug-likeness (QED) is 0.857. The summed E-state index contributed by atoms with van der Waals surface area (Å²) in [6, 6.07) is 11.7. The Kier molecular flexibility index (Phi) is 4.53. The molecule has 0 aliphatic carbocycles. The third-order valence-corrected chi connectivity index (χ3v) is 4.69. The highest BCUT2D eigenvalue weighted by Crippen LogP contribution is 2.28. The first kappa shape index (κ1) is 14.0. The predicted octanol–water partition coefficient (Wildman–Crippen LogP) is 2.71. The summed E-state index contributed by atoms with van der Waals surface area (Å²) in [6.45, 7) is 1.92. The average molecular weight is 290 g/mol. The maximum atomic E-state index is 9.33. The van der Waals surface area contributed by atoms with E-state index in [1.807, 2.05) is 37.3 Å². The van der Waals surface area contributed by atoms with Crippen LogP contribution in [0, 0.1) is 18.3 Å². The minimum atomic E-state index is -0.937. The zero-order valence-corrected chi connectivity index (χ0v) is 12.2. The van der Waals surface area contributed by atoms with E-state index in [0.29, 0.717) is 6.42 Å². The van der Waals surface area contributed by atoms with E-state index in [9.17, 15) is 5.26 Å². The lowest BCUT2D eigenvalue weighted by atomic mass is 9.90. The van der Waals surface area contributed by atoms with Crippen molar-refractivity contribution < 1.29 is 0 Å². The molecule has 4 nitrogen and oxygen atoms in total. The van der Waals surface area contributed by atoms with Gasteiger partial charge in [0.15, 0.2) is 4.34 Å². The van der Waals surface area contributed by atoms with Gasteiger partial charge in [0, 0.05) is 5.75 Å². The molecule has 2 rings (SSSR count). The van der Waals surface area contributed by atoms with E-state index in [2.05, 4.69) is 16.3 Å². The van der Waals surface area contributed by atoms with Gasteiger partial charge in [-0.3, -0.25) is 0 Å². The Labute approximate surface area is 120 Å². The first-order chi connectivity index (χ1) is 9.14. The van der Waals surface area contributed by atoms with Gasteiger partial charge in [0.2, 0.25) is 0 Å². The Bertz CT molecular complexity index is 576. The molecule has 0 aliphatic rings. The number of hydrogen-bond donors (Lipinski definition) is 1. The number of aromatic nitrogens is 2. The van der Waals surface area contributed by atoms with E-state index in [0.717, 1.165) is 20.7 Å². The molecular formula is C13H14N4S2. The summed E-state index contributed by atoms with van der Waals surface area (Å²) < 4.78 is 0.922. The molecule has 0 aliphatic heterocycles. The summed E-state index contributed by atoms with van der Waals surface area (Å²) in [6.07, 6.45) is 0.580. The van der Waals surface area contributed by atoms with Gasteiger partial charge in [-0.1, -0.05) is 53.4 Å². The van der Waals surface area contributed by atoms with Crippen molar-refractivity contribution >= 4 is 23.1 Å². The van der Waals surface area contributed by atoms with Gasteiger partial charge in [-0.05, 0) is 18.9 Å². The normalized spacial score (nSPS) is 13.7. The molecule has 0 fully saturated rings. The Morgan fingerprint density at radius 1 is 1.37 bits per heavy atom. The molecule has 6 heteroatoms. The van der Waals surface area contributed by atoms with Gasteiger partial charge in [-0.2, -0.15) is 5.26 Å². The molecule has 2 N–H and O–H groups in total. The fourth-order valence-corrected chi connectivity index (χ4v) is 3.60. The molecule has 1 heterocycles. The number of rotatable bonds is 5. The second-order valence-electron chi connectivity index (χ2n) is 4.13. The zero-order chi connectivity index (χ0) is 13.7. The van der Waals surface area contributed by atoms with Crippen LogP contribution in [0.3, 0.4) is 0 Å². The molecule has 1 aromatic heterocycles. The number of thioether (sulfide) groups is 1. The van der Waals surface area contributed by atoms with Crippen LogP contribution in [-0.4, -0.2) is 16.0 Å². The van der Waals surface area contributed by atoms with Crippen molar-refractivity contribution in [2.75, 3.05) is 5.75 Å². The van der Waals surface area contributed by atoms with Crippen LogP contribution < -0.4 is 5.73 Å². The first-order valence-corrected chi connectivity index (χ1v) is 7.63. The van der Waals surface area contributed by atoms with Crippen LogP contribution in [0.25, 0.3) is 0 Å². The van der Waals surface area contributed by atoms with Gasteiger partial charge in [-0.15, -0.1) is 10.2 Å². The SMILES string of the molecule is Cc1nnc(SCCC(N)(C#N)c2ccccc2)s1. The van der Waals surface area contributed by atoms with E-state index in [-0.39, 0.29) is 0 Å². The lowest BCUT2D eigenvalue weighted by molar-refractivity contribution is 0.560. The van der Waals surface area contributed by atoms with Gasteiger partial charge >= 0.3 is 0 Å². The molecule has 1 aromatic carbocycles. The molecule has 1 atom stereocenters. The van der Waals surface area contributed by atoms with E-state index < -0.39 is 5.54 Å². The summed E-state index contributed by atoms with van der Waals surface area (Å²) in [4.78, 5) is 0. The number of nitriles is 1. The lowest BCUT2D eigenvalue weighted by Crippen LogP contribution is -2.35. The Hall–Kier alpha value is -1.42. The lowest BCUT2D eigenvalue weighted by Gasteiger charge is -2.21. The zero-order valence-electron chi connectivity index (χ0n) is 10.5. The topological polar surface area (TPSA) is 75.6 Å². The van der Waals surface area contributed by atoms with Gasteiger partial charge in [-0.25, -0.2) is 0 Å². The van der Waals surface area contributed by atoms with E-state index in [1.54, 1.807) is 23.1 Å². The highest BCUT2D eigenvalue weighted by molar-refractivity contribution is 8.01. The minimum Gasteiger partial charge on any atom is -0.310 e. The molecule has 98 valence electrons. The largest absolute Gasteiger partial charge is 0.310 e. The molecule has 0 spiro atoms. The molecule has 0 bridgehead atoms. The molecule has 0 saturated carbocycles. The Morgan fingerprint density at radius 3 is 2.68 bits per heavy atom. The predicted molar refractivity (Wildman–Crippen MR) is 77.9 cm³/mol. The van der Waals surface area contributed by atoms with Crippen LogP contribution in [0.5, 0.6) is 0 Å². The van der Waals surface area contributed by atoms with Gasteiger partial charge in [0.05, 0.1) is 6.07 Å². The number of benzene rings is 1. The van der Waals surface area contributed by atoms with E-state index in [4.69, 9.17) is 5.73 Å². The van der Waals surface area contributed by atoms with Crippen LogP contribution in [0.15, 0.2) is 34.7 Å². The number of nitrogens with two attached hydrogens (primary N) is 1. The molecule has 19 heavy (non-hydrogen) atoms. The summed E-state index contributed by atoms with van der Waals surface area (Å²) in [5.74, 6) is 0.744. The van der Waals surface area contributed by atoms with Gasteiger partial charge in [0.1, 0.15) is 10.5 Å². The van der Waals surface area contributed by atoms with Gasteiger partial charge < -0.3 is 5.73 Å². The maximum Gasteiger partial charge on any atom is 0.174 e. The average Bonchev–Trinajstić information content (AvgIpc) is 2.85. The monoisotopic (exact) mass is 290 g/mol. The van der Waals surface area contributed by atoms with Crippen molar-refractivity contribution in [1.82, 2.24) is 10.2 Å². The highest BCUT2D eigenvalue weighted by atomic mass is 32.2. The summed E-state index contributed by atoms with van der Waals surface area (Å²) in [5.41, 5.74) is 6.10. The fourth-order valence-electron chi connectivity index (χ4n) is 1.64. The third kappa shape index (κ3) is 3.53. The second kappa shape index (κ2) is 6.15. The van der Waals surface area contributed by atoms with Crippen molar-refractivity contribution in [3.63, 3.8) is 0 Å². The van der Waals surface area contributed by atoms with Crippen molar-refractivity contribution in [3.05, 3.63) is 40.9 Å².